The number of carbonyl (C=O) groups is 1. The van der Waals surface area contributed by atoms with Gasteiger partial charge >= 0.3 is 0 Å². The molecule has 0 aliphatic carbocycles. The molecular weight excluding hydrogens is 296 g/mol. The molecule has 1 aliphatic rings. The van der Waals surface area contributed by atoms with Gasteiger partial charge in [0.15, 0.2) is 0 Å². The molecule has 0 saturated heterocycles. The molecule has 0 atom stereocenters. The van der Waals surface area contributed by atoms with E-state index in [1.807, 2.05) is 53.2 Å². The van der Waals surface area contributed by atoms with Crippen molar-refractivity contribution in [2.75, 3.05) is 0 Å². The van der Waals surface area contributed by atoms with Crippen molar-refractivity contribution in [1.29, 1.82) is 0 Å². The molecule has 1 aliphatic heterocycles. The molecule has 4 heteroatoms. The zero-order valence-corrected chi connectivity index (χ0v) is 12.5. The van der Waals surface area contributed by atoms with E-state index in [-0.39, 0.29) is 0 Å². The number of hydrogen-bond donors (Lipinski definition) is 0. The van der Waals surface area contributed by atoms with Crippen molar-refractivity contribution in [2.45, 2.75) is 13.0 Å². The van der Waals surface area contributed by atoms with Crippen molar-refractivity contribution in [3.8, 4) is 22.5 Å². The molecule has 0 fully saturated rings. The zero-order chi connectivity index (χ0) is 15.1. The molecule has 3 aromatic rings. The normalized spacial score (nSPS) is 12.6. The number of halogens is 1. The van der Waals surface area contributed by atoms with Crippen LogP contribution in [0, 0.1) is 0 Å². The third kappa shape index (κ3) is 1.97. The van der Waals surface area contributed by atoms with Crippen LogP contribution in [0.5, 0.6) is 0 Å². The Kier molecular flexibility index (Phi) is 3.09. The lowest BCUT2D eigenvalue weighted by Crippen LogP contribution is -2.12. The average molecular weight is 309 g/mol. The van der Waals surface area contributed by atoms with Crippen molar-refractivity contribution >= 4 is 16.8 Å². The molecule has 0 saturated carbocycles. The Labute approximate surface area is 133 Å². The van der Waals surface area contributed by atoms with Crippen LogP contribution in [0.1, 0.15) is 15.9 Å². The van der Waals surface area contributed by atoms with Gasteiger partial charge in [0.2, 0.25) is 0 Å². The standard InChI is InChI=1S/C18H13ClN2O/c19-18(22)15-16(13-7-2-1-3-8-13)20-21-11-10-12-6-4-5-9-14(12)17(15)21/h1-9H,10-11H2. The first-order valence-electron chi connectivity index (χ1n) is 7.20. The molecule has 22 heavy (non-hydrogen) atoms. The fourth-order valence-electron chi connectivity index (χ4n) is 3.08. The van der Waals surface area contributed by atoms with Crippen LogP contribution in [0.15, 0.2) is 54.6 Å². The first-order valence-corrected chi connectivity index (χ1v) is 7.58. The molecule has 4 rings (SSSR count). The van der Waals surface area contributed by atoms with E-state index in [1.54, 1.807) is 0 Å². The Morgan fingerprint density at radius 3 is 2.55 bits per heavy atom. The van der Waals surface area contributed by atoms with Crippen LogP contribution in [-0.2, 0) is 13.0 Å². The number of benzene rings is 2. The fourth-order valence-corrected chi connectivity index (χ4v) is 3.26. The summed E-state index contributed by atoms with van der Waals surface area (Å²) in [7, 11) is 0. The van der Waals surface area contributed by atoms with Crippen LogP contribution >= 0.6 is 11.6 Å². The molecule has 0 bridgehead atoms. The van der Waals surface area contributed by atoms with Crippen LogP contribution in [0.2, 0.25) is 0 Å². The lowest BCUT2D eigenvalue weighted by molar-refractivity contribution is 0.108. The van der Waals surface area contributed by atoms with Crippen LogP contribution in [0.25, 0.3) is 22.5 Å². The Bertz CT molecular complexity index is 868. The molecule has 0 unspecified atom stereocenters. The molecule has 0 spiro atoms. The molecule has 3 nitrogen and oxygen atoms in total. The highest BCUT2D eigenvalue weighted by atomic mass is 35.5. The quantitative estimate of drug-likeness (QED) is 0.667. The van der Waals surface area contributed by atoms with Crippen LogP contribution in [0.3, 0.4) is 0 Å². The number of carbonyl (C=O) groups excluding carboxylic acids is 1. The molecule has 0 N–H and O–H groups in total. The van der Waals surface area contributed by atoms with E-state index in [0.717, 1.165) is 29.8 Å². The largest absolute Gasteiger partial charge is 0.275 e. The van der Waals surface area contributed by atoms with Gasteiger partial charge in [-0.15, -0.1) is 0 Å². The van der Waals surface area contributed by atoms with E-state index in [2.05, 4.69) is 11.2 Å². The van der Waals surface area contributed by atoms with Gasteiger partial charge in [-0.05, 0) is 23.6 Å². The Morgan fingerprint density at radius 1 is 1.05 bits per heavy atom. The van der Waals surface area contributed by atoms with Crippen molar-refractivity contribution in [3.05, 3.63) is 65.7 Å². The number of aromatic nitrogens is 2. The summed E-state index contributed by atoms with van der Waals surface area (Å²) in [5.74, 6) is 0. The minimum Gasteiger partial charge on any atom is -0.275 e. The predicted molar refractivity (Wildman–Crippen MR) is 87.0 cm³/mol. The lowest BCUT2D eigenvalue weighted by Gasteiger charge is -2.18. The highest BCUT2D eigenvalue weighted by Crippen LogP contribution is 2.37. The summed E-state index contributed by atoms with van der Waals surface area (Å²) >= 11 is 5.91. The molecular formula is C18H13ClN2O. The Hall–Kier alpha value is -2.39. The van der Waals surface area contributed by atoms with Gasteiger partial charge in [-0.2, -0.15) is 5.10 Å². The topological polar surface area (TPSA) is 34.9 Å². The zero-order valence-electron chi connectivity index (χ0n) is 11.8. The van der Waals surface area contributed by atoms with Gasteiger partial charge in [-0.25, -0.2) is 0 Å². The smallest absolute Gasteiger partial charge is 0.256 e. The van der Waals surface area contributed by atoms with Crippen molar-refractivity contribution in [3.63, 3.8) is 0 Å². The summed E-state index contributed by atoms with van der Waals surface area (Å²) in [5.41, 5.74) is 5.18. The monoisotopic (exact) mass is 308 g/mol. The SMILES string of the molecule is O=C(Cl)c1c(-c2ccccc2)nn2c1-c1ccccc1CC2. The van der Waals surface area contributed by atoms with E-state index in [1.165, 1.54) is 5.56 Å². The second-order valence-electron chi connectivity index (χ2n) is 5.34. The molecule has 0 radical (unpaired) electrons. The summed E-state index contributed by atoms with van der Waals surface area (Å²) in [4.78, 5) is 12.1. The van der Waals surface area contributed by atoms with Gasteiger partial charge in [-0.1, -0.05) is 54.6 Å². The average Bonchev–Trinajstić information content (AvgIpc) is 2.96. The number of hydrogen-bond acceptors (Lipinski definition) is 2. The Balaban J connectivity index is 2.02. The van der Waals surface area contributed by atoms with Crippen LogP contribution in [-0.4, -0.2) is 15.0 Å². The van der Waals surface area contributed by atoms with E-state index in [0.29, 0.717) is 11.3 Å². The summed E-state index contributed by atoms with van der Waals surface area (Å²) in [5, 5.41) is 4.19. The second kappa shape index (κ2) is 5.11. The number of fused-ring (bicyclic) bond motifs is 3. The first kappa shape index (κ1) is 13.3. The van der Waals surface area contributed by atoms with Crippen LogP contribution in [0.4, 0.5) is 0 Å². The fraction of sp³-hybridized carbons (Fsp3) is 0.111. The van der Waals surface area contributed by atoms with Gasteiger partial charge in [-0.3, -0.25) is 9.48 Å². The molecule has 0 amide bonds. The lowest BCUT2D eigenvalue weighted by atomic mass is 9.95. The van der Waals surface area contributed by atoms with Gasteiger partial charge in [0, 0.05) is 17.7 Å². The van der Waals surface area contributed by atoms with Crippen molar-refractivity contribution in [2.24, 2.45) is 0 Å². The maximum atomic E-state index is 12.1. The molecule has 2 aromatic carbocycles. The van der Waals surface area contributed by atoms with E-state index in [9.17, 15) is 4.79 Å². The van der Waals surface area contributed by atoms with Crippen molar-refractivity contribution < 1.29 is 4.79 Å². The third-order valence-electron chi connectivity index (χ3n) is 4.06. The minimum atomic E-state index is -0.461. The molecule has 1 aromatic heterocycles. The van der Waals surface area contributed by atoms with Crippen LogP contribution < -0.4 is 0 Å². The highest BCUT2D eigenvalue weighted by Gasteiger charge is 2.28. The van der Waals surface area contributed by atoms with Gasteiger partial charge in [0.25, 0.3) is 5.24 Å². The van der Waals surface area contributed by atoms with E-state index in [4.69, 9.17) is 11.6 Å². The van der Waals surface area contributed by atoms with E-state index >= 15 is 0 Å². The third-order valence-corrected chi connectivity index (χ3v) is 4.25. The predicted octanol–water partition coefficient (Wildman–Crippen LogP) is 4.15. The second-order valence-corrected chi connectivity index (χ2v) is 5.69. The van der Waals surface area contributed by atoms with Crippen molar-refractivity contribution in [1.82, 2.24) is 9.78 Å². The summed E-state index contributed by atoms with van der Waals surface area (Å²) < 4.78 is 1.90. The summed E-state index contributed by atoms with van der Waals surface area (Å²) in [6, 6.07) is 17.8. The summed E-state index contributed by atoms with van der Waals surface area (Å²) in [6.07, 6.45) is 0.912. The first-order chi connectivity index (χ1) is 10.8. The number of rotatable bonds is 2. The van der Waals surface area contributed by atoms with Gasteiger partial charge in [0.1, 0.15) is 5.69 Å². The maximum absolute atomic E-state index is 12.1. The Morgan fingerprint density at radius 2 is 1.77 bits per heavy atom. The van der Waals surface area contributed by atoms with E-state index < -0.39 is 5.24 Å². The number of aryl methyl sites for hydroxylation is 2. The molecule has 2 heterocycles. The van der Waals surface area contributed by atoms with Gasteiger partial charge in [0.05, 0.1) is 11.3 Å². The maximum Gasteiger partial charge on any atom is 0.256 e. The minimum absolute atomic E-state index is 0.461. The number of nitrogens with zero attached hydrogens (tertiary/aromatic N) is 2. The summed E-state index contributed by atoms with van der Waals surface area (Å²) in [6.45, 7) is 0.760. The highest BCUT2D eigenvalue weighted by molar-refractivity contribution is 6.68. The van der Waals surface area contributed by atoms with Gasteiger partial charge < -0.3 is 0 Å². The molecule has 108 valence electrons.